The highest BCUT2D eigenvalue weighted by atomic mass is 19.1. The first-order valence-corrected chi connectivity index (χ1v) is 5.18. The van der Waals surface area contributed by atoms with E-state index in [-0.39, 0.29) is 17.0 Å². The van der Waals surface area contributed by atoms with Crippen LogP contribution >= 0.6 is 0 Å². The Balaban J connectivity index is 2.47. The zero-order chi connectivity index (χ0) is 12.4. The number of carbonyl (C=O) groups excluding carboxylic acids is 1. The third-order valence-electron chi connectivity index (χ3n) is 2.42. The van der Waals surface area contributed by atoms with E-state index < -0.39 is 11.6 Å². The quantitative estimate of drug-likeness (QED) is 0.826. The summed E-state index contributed by atoms with van der Waals surface area (Å²) in [5.41, 5.74) is 0.272. The maximum atomic E-state index is 13.0. The molecular formula is C12H11FN2O2. The molecular weight excluding hydrogens is 223 g/mol. The van der Waals surface area contributed by atoms with Crippen molar-refractivity contribution < 1.29 is 14.3 Å². The number of carbonyl (C=O) groups is 1. The van der Waals surface area contributed by atoms with Crippen molar-refractivity contribution in [2.75, 3.05) is 0 Å². The maximum Gasteiger partial charge on any atom is 0.214 e. The van der Waals surface area contributed by atoms with Gasteiger partial charge in [-0.1, -0.05) is 12.1 Å². The lowest BCUT2D eigenvalue weighted by Crippen LogP contribution is -2.10. The molecule has 5 heteroatoms. The number of aromatic nitrogens is 2. The van der Waals surface area contributed by atoms with E-state index in [9.17, 15) is 14.3 Å². The molecule has 88 valence electrons. The van der Waals surface area contributed by atoms with Crippen LogP contribution in [0, 0.1) is 5.82 Å². The van der Waals surface area contributed by atoms with Gasteiger partial charge in [0, 0.05) is 12.1 Å². The first-order chi connectivity index (χ1) is 8.13. The van der Waals surface area contributed by atoms with Crippen molar-refractivity contribution in [3.8, 4) is 5.75 Å². The van der Waals surface area contributed by atoms with Gasteiger partial charge in [0.25, 0.3) is 0 Å². The molecule has 17 heavy (non-hydrogen) atoms. The highest BCUT2D eigenvalue weighted by Gasteiger charge is 2.19. The van der Waals surface area contributed by atoms with Gasteiger partial charge in [-0.15, -0.1) is 0 Å². The van der Waals surface area contributed by atoms with Gasteiger partial charge in [0.05, 0.1) is 6.20 Å². The minimum absolute atomic E-state index is 0.0816. The molecule has 0 aliphatic carbocycles. The smallest absolute Gasteiger partial charge is 0.214 e. The molecule has 0 atom stereocenters. The van der Waals surface area contributed by atoms with Crippen molar-refractivity contribution in [2.45, 2.75) is 13.5 Å². The highest BCUT2D eigenvalue weighted by Crippen LogP contribution is 2.20. The largest absolute Gasteiger partial charge is 0.504 e. The van der Waals surface area contributed by atoms with Gasteiger partial charge in [-0.3, -0.25) is 9.48 Å². The molecule has 1 aromatic carbocycles. The third kappa shape index (κ3) is 2.04. The predicted molar refractivity (Wildman–Crippen MR) is 59.4 cm³/mol. The standard InChI is InChI=1S/C12H11FN2O2/c1-2-15-11(10(16)7-14-15)12(17)8-4-3-5-9(13)6-8/h3-7,16H,2H2,1H3. The lowest BCUT2D eigenvalue weighted by Gasteiger charge is -2.04. The molecule has 0 fully saturated rings. The third-order valence-corrected chi connectivity index (χ3v) is 2.42. The Labute approximate surface area is 97.3 Å². The predicted octanol–water partition coefficient (Wildman–Crippen LogP) is 1.98. The number of rotatable bonds is 3. The number of nitrogens with zero attached hydrogens (tertiary/aromatic N) is 2. The van der Waals surface area contributed by atoms with Crippen molar-refractivity contribution in [1.82, 2.24) is 9.78 Å². The van der Waals surface area contributed by atoms with Gasteiger partial charge < -0.3 is 5.11 Å². The first-order valence-electron chi connectivity index (χ1n) is 5.18. The molecule has 2 aromatic rings. The van der Waals surface area contributed by atoms with Crippen LogP contribution in [0.25, 0.3) is 0 Å². The molecule has 0 unspecified atom stereocenters. The number of halogens is 1. The van der Waals surface area contributed by atoms with E-state index in [1.54, 1.807) is 6.92 Å². The van der Waals surface area contributed by atoms with Gasteiger partial charge in [-0.05, 0) is 19.1 Å². The van der Waals surface area contributed by atoms with E-state index in [0.717, 1.165) is 6.07 Å². The fourth-order valence-electron chi connectivity index (χ4n) is 1.62. The van der Waals surface area contributed by atoms with Gasteiger partial charge in [0.15, 0.2) is 11.4 Å². The van der Waals surface area contributed by atoms with E-state index in [1.807, 2.05) is 0 Å². The fraction of sp³-hybridized carbons (Fsp3) is 0.167. The van der Waals surface area contributed by atoms with Crippen LogP contribution in [-0.2, 0) is 6.54 Å². The van der Waals surface area contributed by atoms with Gasteiger partial charge in [-0.25, -0.2) is 4.39 Å². The summed E-state index contributed by atoms with van der Waals surface area (Å²) in [6, 6.07) is 5.34. The Morgan fingerprint density at radius 1 is 1.53 bits per heavy atom. The molecule has 1 N–H and O–H groups in total. The number of aryl methyl sites for hydroxylation is 1. The van der Waals surface area contributed by atoms with Gasteiger partial charge in [0.1, 0.15) is 5.82 Å². The molecule has 0 saturated carbocycles. The molecule has 0 radical (unpaired) electrons. The SMILES string of the molecule is CCn1ncc(O)c1C(=O)c1cccc(F)c1. The number of benzene rings is 1. The summed E-state index contributed by atoms with van der Waals surface area (Å²) < 4.78 is 14.4. The van der Waals surface area contributed by atoms with Crippen LogP contribution in [0.15, 0.2) is 30.5 Å². The van der Waals surface area contributed by atoms with Crippen LogP contribution in [0.5, 0.6) is 5.75 Å². The molecule has 0 spiro atoms. The molecule has 1 aromatic heterocycles. The zero-order valence-electron chi connectivity index (χ0n) is 9.22. The Morgan fingerprint density at radius 3 is 2.94 bits per heavy atom. The van der Waals surface area contributed by atoms with Crippen molar-refractivity contribution in [3.05, 3.63) is 47.5 Å². The number of hydrogen-bond donors (Lipinski definition) is 1. The second-order valence-electron chi connectivity index (χ2n) is 3.53. The number of hydrogen-bond acceptors (Lipinski definition) is 3. The van der Waals surface area contributed by atoms with Crippen LogP contribution < -0.4 is 0 Å². The average Bonchev–Trinajstić information content (AvgIpc) is 2.69. The van der Waals surface area contributed by atoms with Crippen LogP contribution in [0.3, 0.4) is 0 Å². The monoisotopic (exact) mass is 234 g/mol. The minimum Gasteiger partial charge on any atom is -0.504 e. The summed E-state index contributed by atoms with van der Waals surface area (Å²) in [6.07, 6.45) is 1.20. The molecule has 0 aliphatic heterocycles. The van der Waals surface area contributed by atoms with Gasteiger partial charge in [-0.2, -0.15) is 5.10 Å². The summed E-state index contributed by atoms with van der Waals surface area (Å²) >= 11 is 0. The summed E-state index contributed by atoms with van der Waals surface area (Å²) in [7, 11) is 0. The summed E-state index contributed by atoms with van der Waals surface area (Å²) in [4.78, 5) is 12.1. The second kappa shape index (κ2) is 4.37. The number of aromatic hydroxyl groups is 1. The normalized spacial score (nSPS) is 10.5. The van der Waals surface area contributed by atoms with Crippen LogP contribution in [0.4, 0.5) is 4.39 Å². The lowest BCUT2D eigenvalue weighted by molar-refractivity contribution is 0.102. The molecule has 0 amide bonds. The van der Waals surface area contributed by atoms with E-state index in [1.165, 1.54) is 29.1 Å². The van der Waals surface area contributed by atoms with E-state index >= 15 is 0 Å². The summed E-state index contributed by atoms with van der Waals surface area (Å²) in [5, 5.41) is 13.4. The van der Waals surface area contributed by atoms with Crippen molar-refractivity contribution in [1.29, 1.82) is 0 Å². The highest BCUT2D eigenvalue weighted by molar-refractivity contribution is 6.09. The van der Waals surface area contributed by atoms with E-state index in [4.69, 9.17) is 0 Å². The van der Waals surface area contributed by atoms with Crippen molar-refractivity contribution in [3.63, 3.8) is 0 Å². The summed E-state index contributed by atoms with van der Waals surface area (Å²) in [5.74, 6) is -1.12. The summed E-state index contributed by atoms with van der Waals surface area (Å²) in [6.45, 7) is 2.26. The Kier molecular flexibility index (Phi) is 2.91. The fourth-order valence-corrected chi connectivity index (χ4v) is 1.62. The van der Waals surface area contributed by atoms with E-state index in [0.29, 0.717) is 6.54 Å². The first kappa shape index (κ1) is 11.3. The average molecular weight is 234 g/mol. The minimum atomic E-state index is -0.488. The second-order valence-corrected chi connectivity index (χ2v) is 3.53. The van der Waals surface area contributed by atoms with Crippen molar-refractivity contribution >= 4 is 5.78 Å². The maximum absolute atomic E-state index is 13.0. The number of ketones is 1. The van der Waals surface area contributed by atoms with Crippen LogP contribution in [-0.4, -0.2) is 20.7 Å². The van der Waals surface area contributed by atoms with Crippen LogP contribution in [0.2, 0.25) is 0 Å². The van der Waals surface area contributed by atoms with Gasteiger partial charge in [0.2, 0.25) is 5.78 Å². The molecule has 2 rings (SSSR count). The molecule has 1 heterocycles. The lowest BCUT2D eigenvalue weighted by atomic mass is 10.1. The topological polar surface area (TPSA) is 55.1 Å². The van der Waals surface area contributed by atoms with Gasteiger partial charge >= 0.3 is 0 Å². The zero-order valence-corrected chi connectivity index (χ0v) is 9.22. The Bertz CT molecular complexity index is 563. The molecule has 4 nitrogen and oxygen atoms in total. The van der Waals surface area contributed by atoms with E-state index in [2.05, 4.69) is 5.10 Å². The molecule has 0 saturated heterocycles. The Hall–Kier alpha value is -2.17. The van der Waals surface area contributed by atoms with Crippen molar-refractivity contribution in [2.24, 2.45) is 0 Å². The molecule has 0 aliphatic rings. The van der Waals surface area contributed by atoms with Crippen LogP contribution in [0.1, 0.15) is 23.0 Å². The Morgan fingerprint density at radius 2 is 2.29 bits per heavy atom. The molecule has 0 bridgehead atoms.